The fourth-order valence-corrected chi connectivity index (χ4v) is 3.50. The van der Waals surface area contributed by atoms with Crippen LogP contribution in [0.2, 0.25) is 0 Å². The van der Waals surface area contributed by atoms with Gasteiger partial charge in [-0.05, 0) is 37.7 Å². The topological polar surface area (TPSA) is 64.3 Å². The molecule has 0 saturated carbocycles. The smallest absolute Gasteiger partial charge is 0.254 e. The number of carbonyl (C=O) groups is 1. The maximum absolute atomic E-state index is 12.1. The van der Waals surface area contributed by atoms with Crippen molar-refractivity contribution < 1.29 is 9.53 Å². The maximum Gasteiger partial charge on any atom is 0.254 e. The van der Waals surface area contributed by atoms with E-state index in [0.717, 1.165) is 31.2 Å². The first-order valence-corrected chi connectivity index (χ1v) is 7.23. The Morgan fingerprint density at radius 3 is 2.89 bits per heavy atom. The van der Waals surface area contributed by atoms with Gasteiger partial charge < -0.3 is 15.8 Å². The van der Waals surface area contributed by atoms with Gasteiger partial charge in [0.05, 0.1) is 10.6 Å². The number of nitrogens with two attached hydrogens (primary N) is 1. The van der Waals surface area contributed by atoms with Gasteiger partial charge in [0.1, 0.15) is 0 Å². The summed E-state index contributed by atoms with van der Waals surface area (Å²) in [5, 5.41) is 3.59. The second kappa shape index (κ2) is 7.72. The number of nitrogen functional groups attached to an aromatic ring is 1. The molecule has 1 heterocycles. The molecule has 3 N–H and O–H groups in total. The molecule has 0 fully saturated rings. The van der Waals surface area contributed by atoms with Crippen LogP contribution in [0, 0.1) is 0 Å². The van der Waals surface area contributed by atoms with Crippen molar-refractivity contribution in [3.05, 3.63) is 16.0 Å². The summed E-state index contributed by atoms with van der Waals surface area (Å²) < 4.78 is 4.95. The Morgan fingerprint density at radius 1 is 1.42 bits per heavy atom. The molecule has 1 aliphatic rings. The summed E-state index contributed by atoms with van der Waals surface area (Å²) >= 11 is 1.58. The Bertz CT molecular complexity index is 435. The summed E-state index contributed by atoms with van der Waals surface area (Å²) in [6, 6.07) is 0. The maximum atomic E-state index is 12.1. The summed E-state index contributed by atoms with van der Waals surface area (Å²) in [5.74, 6) is -0.0250. The average molecular weight is 305 g/mol. The van der Waals surface area contributed by atoms with E-state index < -0.39 is 0 Å². The van der Waals surface area contributed by atoms with E-state index in [1.165, 1.54) is 16.9 Å². The number of thiophene rings is 1. The number of nitrogens with one attached hydrogen (secondary N) is 1. The molecule has 0 aliphatic heterocycles. The number of amides is 1. The molecule has 1 aromatic heterocycles. The molecule has 4 nitrogen and oxygen atoms in total. The van der Waals surface area contributed by atoms with Crippen molar-refractivity contribution >= 4 is 34.7 Å². The zero-order valence-electron chi connectivity index (χ0n) is 11.2. The highest BCUT2D eigenvalue weighted by Gasteiger charge is 2.23. The van der Waals surface area contributed by atoms with Crippen LogP contribution in [-0.4, -0.2) is 26.2 Å². The van der Waals surface area contributed by atoms with Crippen LogP contribution in [0.5, 0.6) is 0 Å². The van der Waals surface area contributed by atoms with E-state index in [2.05, 4.69) is 5.32 Å². The minimum Gasteiger partial charge on any atom is -0.390 e. The van der Waals surface area contributed by atoms with Gasteiger partial charge in [0.2, 0.25) is 0 Å². The second-order valence-corrected chi connectivity index (χ2v) is 5.69. The number of rotatable bonds is 5. The fourth-order valence-electron chi connectivity index (χ4n) is 2.34. The first kappa shape index (κ1) is 16.3. The molecule has 0 unspecified atom stereocenters. The highest BCUT2D eigenvalue weighted by Crippen LogP contribution is 2.36. The zero-order chi connectivity index (χ0) is 13.0. The lowest BCUT2D eigenvalue weighted by Crippen LogP contribution is -2.26. The van der Waals surface area contributed by atoms with Crippen LogP contribution in [-0.2, 0) is 17.6 Å². The van der Waals surface area contributed by atoms with Crippen molar-refractivity contribution in [1.29, 1.82) is 0 Å². The predicted molar refractivity (Wildman–Crippen MR) is 81.4 cm³/mol. The molecular weight excluding hydrogens is 284 g/mol. The molecule has 0 radical (unpaired) electrons. The van der Waals surface area contributed by atoms with Crippen LogP contribution >= 0.6 is 23.7 Å². The Morgan fingerprint density at radius 2 is 2.16 bits per heavy atom. The van der Waals surface area contributed by atoms with Crippen molar-refractivity contribution in [2.24, 2.45) is 0 Å². The van der Waals surface area contributed by atoms with E-state index in [4.69, 9.17) is 10.5 Å². The van der Waals surface area contributed by atoms with Crippen molar-refractivity contribution in [3.8, 4) is 0 Å². The van der Waals surface area contributed by atoms with E-state index in [1.54, 1.807) is 18.4 Å². The molecule has 1 aliphatic carbocycles. The van der Waals surface area contributed by atoms with Crippen LogP contribution in [0.1, 0.15) is 40.1 Å². The van der Waals surface area contributed by atoms with E-state index >= 15 is 0 Å². The minimum atomic E-state index is -0.0250. The summed E-state index contributed by atoms with van der Waals surface area (Å²) in [6.07, 6.45) is 5.26. The Hall–Kier alpha value is -0.780. The number of carbonyl (C=O) groups excluding carboxylic acids is 1. The standard InChI is InChI=1S/C13H20N2O2S.ClH/c1-17-8-4-7-15-13(16)11-9-5-2-3-6-10(9)18-12(11)14;/h2-8,14H2,1H3,(H,15,16);1H. The van der Waals surface area contributed by atoms with Gasteiger partial charge in [0.15, 0.2) is 0 Å². The van der Waals surface area contributed by atoms with Gasteiger partial charge in [-0.15, -0.1) is 23.7 Å². The summed E-state index contributed by atoms with van der Waals surface area (Å²) in [6.45, 7) is 1.30. The normalized spacial score (nSPS) is 13.5. The van der Waals surface area contributed by atoms with Gasteiger partial charge in [0.25, 0.3) is 5.91 Å². The SMILES string of the molecule is COCCCNC(=O)c1c(N)sc2c1CCCC2.Cl. The van der Waals surface area contributed by atoms with E-state index in [9.17, 15) is 4.79 Å². The predicted octanol–water partition coefficient (Wildman–Crippen LogP) is 2.40. The van der Waals surface area contributed by atoms with Crippen LogP contribution in [0.4, 0.5) is 5.00 Å². The second-order valence-electron chi connectivity index (χ2n) is 4.55. The Kier molecular flexibility index (Phi) is 6.62. The van der Waals surface area contributed by atoms with Crippen molar-refractivity contribution in [1.82, 2.24) is 5.32 Å². The summed E-state index contributed by atoms with van der Waals surface area (Å²) in [5.41, 5.74) is 7.90. The third kappa shape index (κ3) is 3.84. The molecule has 19 heavy (non-hydrogen) atoms. The van der Waals surface area contributed by atoms with Crippen molar-refractivity contribution in [3.63, 3.8) is 0 Å². The molecular formula is C13H21ClN2O2S. The van der Waals surface area contributed by atoms with Gasteiger partial charge in [0, 0.05) is 25.1 Å². The molecule has 108 valence electrons. The number of hydrogen-bond acceptors (Lipinski definition) is 4. The van der Waals surface area contributed by atoms with Crippen LogP contribution < -0.4 is 11.1 Å². The monoisotopic (exact) mass is 304 g/mol. The third-order valence-electron chi connectivity index (χ3n) is 3.24. The Balaban J connectivity index is 0.00000180. The number of halogens is 1. The first-order valence-electron chi connectivity index (χ1n) is 6.41. The molecule has 6 heteroatoms. The molecule has 0 aromatic carbocycles. The molecule has 1 amide bonds. The largest absolute Gasteiger partial charge is 0.390 e. The first-order chi connectivity index (χ1) is 8.74. The number of methoxy groups -OCH3 is 1. The van der Waals surface area contributed by atoms with Crippen molar-refractivity contribution in [2.75, 3.05) is 26.0 Å². The molecule has 0 spiro atoms. The lowest BCUT2D eigenvalue weighted by molar-refractivity contribution is 0.0949. The van der Waals surface area contributed by atoms with E-state index in [-0.39, 0.29) is 18.3 Å². The lowest BCUT2D eigenvalue weighted by atomic mass is 9.95. The molecule has 2 rings (SSSR count). The molecule has 0 atom stereocenters. The van der Waals surface area contributed by atoms with Crippen LogP contribution in [0.3, 0.4) is 0 Å². The van der Waals surface area contributed by atoms with Crippen LogP contribution in [0.15, 0.2) is 0 Å². The van der Waals surface area contributed by atoms with E-state index in [1.807, 2.05) is 0 Å². The number of ether oxygens (including phenoxy) is 1. The summed E-state index contributed by atoms with van der Waals surface area (Å²) in [7, 11) is 1.66. The quantitative estimate of drug-likeness (QED) is 0.821. The highest BCUT2D eigenvalue weighted by atomic mass is 35.5. The van der Waals surface area contributed by atoms with Gasteiger partial charge in [-0.3, -0.25) is 4.79 Å². The highest BCUT2D eigenvalue weighted by molar-refractivity contribution is 7.16. The number of anilines is 1. The number of aryl methyl sites for hydroxylation is 1. The van der Waals surface area contributed by atoms with Gasteiger partial charge in [-0.25, -0.2) is 0 Å². The minimum absolute atomic E-state index is 0. The summed E-state index contributed by atoms with van der Waals surface area (Å²) in [4.78, 5) is 13.4. The van der Waals surface area contributed by atoms with Gasteiger partial charge in [-0.1, -0.05) is 0 Å². The van der Waals surface area contributed by atoms with Crippen molar-refractivity contribution in [2.45, 2.75) is 32.1 Å². The number of fused-ring (bicyclic) bond motifs is 1. The molecule has 0 bridgehead atoms. The average Bonchev–Trinajstić information content (AvgIpc) is 2.70. The number of hydrogen-bond donors (Lipinski definition) is 2. The fraction of sp³-hybridized carbons (Fsp3) is 0.615. The van der Waals surface area contributed by atoms with Gasteiger partial charge >= 0.3 is 0 Å². The molecule has 1 aromatic rings. The van der Waals surface area contributed by atoms with Gasteiger partial charge in [-0.2, -0.15) is 0 Å². The lowest BCUT2D eigenvalue weighted by Gasteiger charge is -2.12. The van der Waals surface area contributed by atoms with E-state index in [0.29, 0.717) is 18.2 Å². The van der Waals surface area contributed by atoms with Crippen LogP contribution in [0.25, 0.3) is 0 Å². The third-order valence-corrected chi connectivity index (χ3v) is 4.36. The Labute approximate surface area is 124 Å². The zero-order valence-corrected chi connectivity index (χ0v) is 12.8. The molecule has 0 saturated heterocycles.